The molecule has 0 aromatic heterocycles. The molecule has 3 heterocycles. The third-order valence-electron chi connectivity index (χ3n) is 7.68. The van der Waals surface area contributed by atoms with E-state index in [1.54, 1.807) is 16.7 Å². The Morgan fingerprint density at radius 3 is 2.74 bits per heavy atom. The van der Waals surface area contributed by atoms with Gasteiger partial charge in [-0.05, 0) is 43.7 Å². The number of benzene rings is 1. The van der Waals surface area contributed by atoms with Crippen LogP contribution in [0.3, 0.4) is 0 Å². The molecule has 8 heteroatoms. The molecular formula is C26H33N3O4S. The fraction of sp³-hybridized carbons (Fsp3) is 0.577. The Morgan fingerprint density at radius 1 is 1.21 bits per heavy atom. The molecule has 5 rings (SSSR count). The molecule has 182 valence electrons. The average molecular weight is 484 g/mol. The maximum Gasteiger partial charge on any atom is 0.246 e. The van der Waals surface area contributed by atoms with Gasteiger partial charge < -0.3 is 20.3 Å². The van der Waals surface area contributed by atoms with E-state index in [1.165, 1.54) is 6.42 Å². The Morgan fingerprint density at radius 2 is 2.00 bits per heavy atom. The lowest BCUT2D eigenvalue weighted by atomic mass is 9.74. The third kappa shape index (κ3) is 3.85. The third-order valence-corrected chi connectivity index (χ3v) is 8.40. The van der Waals surface area contributed by atoms with Crippen molar-refractivity contribution in [3.63, 3.8) is 0 Å². The van der Waals surface area contributed by atoms with E-state index in [9.17, 15) is 14.4 Å². The summed E-state index contributed by atoms with van der Waals surface area (Å²) in [6.45, 7) is 2.46. The number of anilines is 1. The van der Waals surface area contributed by atoms with Gasteiger partial charge in [-0.1, -0.05) is 44.4 Å². The normalized spacial score (nSPS) is 32.2. The molecule has 2 saturated heterocycles. The molecule has 2 bridgehead atoms. The van der Waals surface area contributed by atoms with E-state index in [0.717, 1.165) is 37.0 Å². The highest BCUT2D eigenvalue weighted by molar-refractivity contribution is 7.98. The van der Waals surface area contributed by atoms with Crippen LogP contribution in [0.2, 0.25) is 0 Å². The number of carbonyl (C=O) groups excluding carboxylic acids is 3. The van der Waals surface area contributed by atoms with Gasteiger partial charge in [0, 0.05) is 23.2 Å². The monoisotopic (exact) mass is 483 g/mol. The van der Waals surface area contributed by atoms with Gasteiger partial charge in [0.15, 0.2) is 0 Å². The molecule has 34 heavy (non-hydrogen) atoms. The zero-order valence-electron chi connectivity index (χ0n) is 19.8. The maximum absolute atomic E-state index is 13.7. The van der Waals surface area contributed by atoms with Crippen molar-refractivity contribution in [3.8, 4) is 0 Å². The first-order valence-electron chi connectivity index (χ1n) is 12.4. The second-order valence-corrected chi connectivity index (χ2v) is 10.7. The van der Waals surface area contributed by atoms with Crippen molar-refractivity contribution in [2.75, 3.05) is 18.1 Å². The highest BCUT2D eigenvalue weighted by Crippen LogP contribution is 2.55. The molecule has 1 saturated carbocycles. The topological polar surface area (TPSA) is 87.7 Å². The van der Waals surface area contributed by atoms with E-state index >= 15 is 0 Å². The molecule has 1 spiro atoms. The van der Waals surface area contributed by atoms with Crippen molar-refractivity contribution in [1.29, 1.82) is 0 Å². The molecule has 1 aromatic rings. The number of hydrogen-bond donors (Lipinski definition) is 2. The van der Waals surface area contributed by atoms with Crippen LogP contribution in [0.5, 0.6) is 0 Å². The van der Waals surface area contributed by atoms with Crippen molar-refractivity contribution in [1.82, 2.24) is 10.2 Å². The van der Waals surface area contributed by atoms with E-state index in [0.29, 0.717) is 12.2 Å². The first-order chi connectivity index (χ1) is 16.5. The molecular weight excluding hydrogens is 450 g/mol. The van der Waals surface area contributed by atoms with Crippen LogP contribution in [-0.2, 0) is 19.1 Å². The number of fused-ring (bicyclic) bond motifs is 1. The van der Waals surface area contributed by atoms with Crippen LogP contribution >= 0.6 is 11.8 Å². The van der Waals surface area contributed by atoms with Crippen LogP contribution in [0, 0.1) is 11.8 Å². The summed E-state index contributed by atoms with van der Waals surface area (Å²) in [4.78, 5) is 43.4. The largest absolute Gasteiger partial charge is 0.359 e. The van der Waals surface area contributed by atoms with Crippen LogP contribution in [0.4, 0.5) is 5.69 Å². The predicted molar refractivity (Wildman–Crippen MR) is 131 cm³/mol. The number of carbonyl (C=O) groups is 3. The standard InChI is InChI=1S/C26H33N3O4S/c1-3-14-29-22(24(31)27-16-8-5-4-6-9-16)26-13-12-19(33-26)20(21(26)25(29)32)23(30)28-17-10-7-11-18(15-17)34-2/h7,10-13,15-16,19-22H,3-6,8-9,14H2,1-2H3,(H,27,31)(H,28,30)/t19-,20+,21-,22-,26+/m1/s1. The first kappa shape index (κ1) is 23.4. The van der Waals surface area contributed by atoms with Crippen molar-refractivity contribution in [2.24, 2.45) is 11.8 Å². The minimum atomic E-state index is -1.08. The summed E-state index contributed by atoms with van der Waals surface area (Å²) >= 11 is 1.60. The maximum atomic E-state index is 13.7. The summed E-state index contributed by atoms with van der Waals surface area (Å²) < 4.78 is 6.37. The van der Waals surface area contributed by atoms with Gasteiger partial charge in [-0.2, -0.15) is 0 Å². The number of likely N-dealkylation sites (tertiary alicyclic amines) is 1. The van der Waals surface area contributed by atoms with Gasteiger partial charge in [-0.3, -0.25) is 14.4 Å². The van der Waals surface area contributed by atoms with E-state index in [-0.39, 0.29) is 23.8 Å². The summed E-state index contributed by atoms with van der Waals surface area (Å²) in [6.07, 6.45) is 11.3. The number of rotatable bonds is 7. The van der Waals surface area contributed by atoms with Gasteiger partial charge in [-0.15, -0.1) is 11.8 Å². The molecule has 3 amide bonds. The highest BCUT2D eigenvalue weighted by atomic mass is 32.2. The van der Waals surface area contributed by atoms with Crippen LogP contribution in [0.1, 0.15) is 45.4 Å². The zero-order chi connectivity index (χ0) is 23.9. The van der Waals surface area contributed by atoms with Crippen molar-refractivity contribution in [3.05, 3.63) is 36.4 Å². The van der Waals surface area contributed by atoms with Crippen molar-refractivity contribution >= 4 is 35.2 Å². The van der Waals surface area contributed by atoms with Gasteiger partial charge in [0.25, 0.3) is 0 Å². The van der Waals surface area contributed by atoms with Crippen LogP contribution in [-0.4, -0.2) is 59.2 Å². The molecule has 1 aliphatic carbocycles. The highest BCUT2D eigenvalue weighted by Gasteiger charge is 2.72. The van der Waals surface area contributed by atoms with Gasteiger partial charge in [-0.25, -0.2) is 0 Å². The lowest BCUT2D eigenvalue weighted by Gasteiger charge is -2.34. The molecule has 1 aromatic carbocycles. The van der Waals surface area contributed by atoms with Gasteiger partial charge in [0.1, 0.15) is 11.6 Å². The average Bonchev–Trinajstić information content (AvgIpc) is 3.48. The van der Waals surface area contributed by atoms with Gasteiger partial charge in [0.05, 0.1) is 17.9 Å². The predicted octanol–water partition coefficient (Wildman–Crippen LogP) is 3.36. The van der Waals surface area contributed by atoms with E-state index < -0.39 is 29.6 Å². The summed E-state index contributed by atoms with van der Waals surface area (Å²) in [5.41, 5.74) is -0.390. The number of ether oxygens (including phenoxy) is 1. The minimum Gasteiger partial charge on any atom is -0.359 e. The zero-order valence-corrected chi connectivity index (χ0v) is 20.6. The summed E-state index contributed by atoms with van der Waals surface area (Å²) in [6, 6.07) is 7.04. The van der Waals surface area contributed by atoms with Crippen LogP contribution in [0.15, 0.2) is 41.3 Å². The Kier molecular flexibility index (Phi) is 6.46. The fourth-order valence-electron chi connectivity index (χ4n) is 6.20. The van der Waals surface area contributed by atoms with Gasteiger partial charge in [0.2, 0.25) is 17.7 Å². The second-order valence-electron chi connectivity index (χ2n) is 9.80. The molecule has 2 N–H and O–H groups in total. The van der Waals surface area contributed by atoms with Crippen LogP contribution in [0.25, 0.3) is 0 Å². The van der Waals surface area contributed by atoms with Gasteiger partial charge >= 0.3 is 0 Å². The van der Waals surface area contributed by atoms with E-state index in [2.05, 4.69) is 10.6 Å². The summed E-state index contributed by atoms with van der Waals surface area (Å²) in [7, 11) is 0. The molecule has 4 aliphatic rings. The van der Waals surface area contributed by atoms with E-state index in [1.807, 2.05) is 49.6 Å². The molecule has 3 fully saturated rings. The second kappa shape index (κ2) is 9.38. The SMILES string of the molecule is CCCN1C(=O)[C@H]2[C@@H](C(=O)Nc3cccc(SC)c3)[C@H]3C=C[C@@]2(O3)[C@H]1C(=O)NC1CCCCC1. The lowest BCUT2D eigenvalue weighted by Crippen LogP contribution is -2.56. The quantitative estimate of drug-likeness (QED) is 0.459. The Labute approximate surface area is 205 Å². The molecule has 3 aliphatic heterocycles. The number of nitrogens with one attached hydrogen (secondary N) is 2. The lowest BCUT2D eigenvalue weighted by molar-refractivity contribution is -0.141. The van der Waals surface area contributed by atoms with Crippen molar-refractivity contribution < 1.29 is 19.1 Å². The Balaban J connectivity index is 1.41. The van der Waals surface area contributed by atoms with E-state index in [4.69, 9.17) is 4.74 Å². The summed E-state index contributed by atoms with van der Waals surface area (Å²) in [5, 5.41) is 6.20. The smallest absolute Gasteiger partial charge is 0.246 e. The number of thioether (sulfide) groups is 1. The van der Waals surface area contributed by atoms with Crippen LogP contribution < -0.4 is 10.6 Å². The number of amides is 3. The Hall–Kier alpha value is -2.32. The number of hydrogen-bond acceptors (Lipinski definition) is 5. The first-order valence-corrected chi connectivity index (χ1v) is 13.6. The fourth-order valence-corrected chi connectivity index (χ4v) is 6.66. The number of nitrogens with zero attached hydrogens (tertiary/aromatic N) is 1. The molecule has 5 atom stereocenters. The molecule has 0 radical (unpaired) electrons. The molecule has 0 unspecified atom stereocenters. The summed E-state index contributed by atoms with van der Waals surface area (Å²) in [5.74, 6) is -1.91. The minimum absolute atomic E-state index is 0.140. The Bertz CT molecular complexity index is 1010. The van der Waals surface area contributed by atoms with Crippen molar-refractivity contribution in [2.45, 2.75) is 74.1 Å². The molecule has 7 nitrogen and oxygen atoms in total.